The zero-order valence-electron chi connectivity index (χ0n) is 15.3. The molecule has 0 atom stereocenters. The summed E-state index contributed by atoms with van der Waals surface area (Å²) in [6.45, 7) is 4.31. The summed E-state index contributed by atoms with van der Waals surface area (Å²) in [5, 5.41) is 2.84. The van der Waals surface area contributed by atoms with E-state index in [1.165, 1.54) is 0 Å². The van der Waals surface area contributed by atoms with Crippen LogP contribution in [0.2, 0.25) is 5.02 Å². The van der Waals surface area contributed by atoms with E-state index in [-0.39, 0.29) is 11.2 Å². The first kappa shape index (κ1) is 16.5. The molecule has 0 spiro atoms. The van der Waals surface area contributed by atoms with E-state index in [1.54, 1.807) is 0 Å². The molecule has 134 valence electrons. The van der Waals surface area contributed by atoms with Gasteiger partial charge in [0.25, 0.3) is 0 Å². The largest absolute Gasteiger partial charge is 0.349 e. The Balaban J connectivity index is 1.93. The number of fused-ring (bicyclic) bond motifs is 5. The Labute approximate surface area is 162 Å². The summed E-state index contributed by atoms with van der Waals surface area (Å²) in [6, 6.07) is 16.0. The van der Waals surface area contributed by atoms with Gasteiger partial charge in [-0.1, -0.05) is 43.6 Å². The van der Waals surface area contributed by atoms with Crippen molar-refractivity contribution in [2.24, 2.45) is 5.41 Å². The number of carbonyl (C=O) groups excluding carboxylic acids is 1. The molecule has 0 fully saturated rings. The average molecular weight is 376 g/mol. The summed E-state index contributed by atoms with van der Waals surface area (Å²) in [7, 11) is 0. The number of pyridine rings is 1. The molecule has 2 heterocycles. The van der Waals surface area contributed by atoms with Gasteiger partial charge in [0.1, 0.15) is 5.52 Å². The van der Waals surface area contributed by atoms with Crippen LogP contribution in [0.1, 0.15) is 36.3 Å². The molecule has 0 aliphatic heterocycles. The van der Waals surface area contributed by atoms with E-state index < -0.39 is 0 Å². The first-order chi connectivity index (χ1) is 12.9. The van der Waals surface area contributed by atoms with Crippen LogP contribution in [0.25, 0.3) is 33.1 Å². The number of nitrogens with one attached hydrogen (secondary N) is 2. The quantitative estimate of drug-likeness (QED) is 0.461. The monoisotopic (exact) mass is 375 g/mol. The topological polar surface area (TPSA) is 47.0 Å². The zero-order valence-corrected chi connectivity index (χ0v) is 16.1. The number of halogens is 1. The van der Waals surface area contributed by atoms with Crippen LogP contribution in [0.5, 0.6) is 0 Å². The molecule has 0 bridgehead atoms. The van der Waals surface area contributed by atoms with Gasteiger partial charge in [0.15, 0.2) is 11.5 Å². The van der Waals surface area contributed by atoms with Crippen LogP contribution in [-0.4, -0.2) is 10.8 Å². The minimum absolute atomic E-state index is 0.0440. The molecular weight excluding hydrogens is 356 g/mol. The highest BCUT2D eigenvalue weighted by Gasteiger charge is 2.38. The number of Topliss-reactive ketones (excluding diaryl/α,β-unsaturated/α-hetero) is 1. The first-order valence-electron chi connectivity index (χ1n) is 9.21. The fourth-order valence-corrected chi connectivity index (χ4v) is 4.48. The molecular formula is C23H20ClN2O+. The van der Waals surface area contributed by atoms with Crippen molar-refractivity contribution in [3.8, 4) is 11.3 Å². The second-order valence-corrected chi connectivity index (χ2v) is 8.66. The number of benzene rings is 2. The van der Waals surface area contributed by atoms with Crippen molar-refractivity contribution >= 4 is 39.2 Å². The maximum Gasteiger partial charge on any atom is 0.235 e. The molecule has 1 aliphatic carbocycles. The number of aromatic amines is 2. The Bertz CT molecular complexity index is 1220. The Morgan fingerprint density at radius 1 is 1.04 bits per heavy atom. The number of carbonyl (C=O) groups is 1. The third-order valence-corrected chi connectivity index (χ3v) is 5.74. The summed E-state index contributed by atoms with van der Waals surface area (Å²) in [5.41, 5.74) is 5.90. The summed E-state index contributed by atoms with van der Waals surface area (Å²) in [6.07, 6.45) is 1.42. The maximum atomic E-state index is 13.1. The lowest BCUT2D eigenvalue weighted by Gasteiger charge is -2.27. The van der Waals surface area contributed by atoms with E-state index in [1.807, 2.05) is 36.4 Å². The number of H-pyrrole nitrogens is 2. The van der Waals surface area contributed by atoms with Crippen LogP contribution in [0.15, 0.2) is 48.5 Å². The van der Waals surface area contributed by atoms with Crippen molar-refractivity contribution < 1.29 is 9.78 Å². The molecule has 4 heteroatoms. The molecule has 0 unspecified atom stereocenters. The van der Waals surface area contributed by atoms with Crippen LogP contribution in [0.3, 0.4) is 0 Å². The fraction of sp³-hybridized carbons (Fsp3) is 0.217. The zero-order chi connectivity index (χ0) is 18.8. The van der Waals surface area contributed by atoms with Gasteiger partial charge in [0, 0.05) is 39.7 Å². The van der Waals surface area contributed by atoms with Crippen LogP contribution in [0, 0.1) is 5.41 Å². The minimum Gasteiger partial charge on any atom is -0.349 e. The van der Waals surface area contributed by atoms with Crippen LogP contribution in [-0.2, 0) is 6.42 Å². The number of aromatic nitrogens is 2. The van der Waals surface area contributed by atoms with Gasteiger partial charge in [-0.25, -0.2) is 4.98 Å². The van der Waals surface area contributed by atoms with Gasteiger partial charge in [-0.15, -0.1) is 0 Å². The second-order valence-electron chi connectivity index (χ2n) is 8.22. The molecule has 0 saturated carbocycles. The number of hydrogen-bond donors (Lipinski definition) is 1. The van der Waals surface area contributed by atoms with Crippen molar-refractivity contribution in [1.82, 2.24) is 4.98 Å². The molecule has 0 amide bonds. The summed E-state index contributed by atoms with van der Waals surface area (Å²) >= 11 is 6.09. The van der Waals surface area contributed by atoms with Crippen LogP contribution in [0.4, 0.5) is 0 Å². The SMILES string of the molecule is CC1(C)CC(=O)c2c([nH+]c(-c3ccc(Cl)cc3)c3[nH]c4ccccc4c23)C1. The molecule has 2 aromatic carbocycles. The van der Waals surface area contributed by atoms with E-state index in [0.29, 0.717) is 11.4 Å². The number of para-hydroxylation sites is 1. The third kappa shape index (κ3) is 2.57. The molecule has 3 nitrogen and oxygen atoms in total. The molecule has 1 aliphatic rings. The van der Waals surface area contributed by atoms with Gasteiger partial charge in [-0.05, 0) is 35.7 Å². The van der Waals surface area contributed by atoms with Crippen molar-refractivity contribution in [3.05, 3.63) is 64.8 Å². The smallest absolute Gasteiger partial charge is 0.235 e. The lowest BCUT2D eigenvalue weighted by molar-refractivity contribution is -0.378. The van der Waals surface area contributed by atoms with Gasteiger partial charge in [0.2, 0.25) is 5.69 Å². The van der Waals surface area contributed by atoms with Crippen molar-refractivity contribution in [2.75, 3.05) is 0 Å². The predicted molar refractivity (Wildman–Crippen MR) is 109 cm³/mol. The summed E-state index contributed by atoms with van der Waals surface area (Å²) in [5.74, 6) is 0.218. The normalized spacial score (nSPS) is 16.0. The highest BCUT2D eigenvalue weighted by atomic mass is 35.5. The number of ketones is 1. The predicted octanol–water partition coefficient (Wildman–Crippen LogP) is 5.61. The Morgan fingerprint density at radius 2 is 1.78 bits per heavy atom. The summed E-state index contributed by atoms with van der Waals surface area (Å²) in [4.78, 5) is 20.2. The molecule has 4 aromatic rings. The van der Waals surface area contributed by atoms with E-state index in [4.69, 9.17) is 11.6 Å². The minimum atomic E-state index is -0.0440. The standard InChI is InChI=1S/C23H19ClN2O/c1-23(2)11-17-20(18(27)12-23)19-15-5-3-4-6-16(15)25-22(19)21(26-17)13-7-9-14(24)10-8-13/h3-10,25H,11-12H2,1-2H3/p+1. The van der Waals surface area contributed by atoms with Crippen LogP contribution >= 0.6 is 11.6 Å². The molecule has 2 aromatic heterocycles. The van der Waals surface area contributed by atoms with Gasteiger partial charge < -0.3 is 4.98 Å². The van der Waals surface area contributed by atoms with Crippen molar-refractivity contribution in [1.29, 1.82) is 0 Å². The highest BCUT2D eigenvalue weighted by Crippen LogP contribution is 2.40. The van der Waals surface area contributed by atoms with Crippen molar-refractivity contribution in [3.63, 3.8) is 0 Å². The van der Waals surface area contributed by atoms with E-state index in [9.17, 15) is 4.79 Å². The molecule has 5 rings (SSSR count). The number of rotatable bonds is 1. The lowest BCUT2D eigenvalue weighted by atomic mass is 9.74. The van der Waals surface area contributed by atoms with Gasteiger partial charge in [-0.2, -0.15) is 0 Å². The average Bonchev–Trinajstić information content (AvgIpc) is 3.00. The fourth-order valence-electron chi connectivity index (χ4n) is 4.35. The molecule has 0 saturated heterocycles. The summed E-state index contributed by atoms with van der Waals surface area (Å²) < 4.78 is 0. The van der Waals surface area contributed by atoms with E-state index in [2.05, 4.69) is 35.9 Å². The second kappa shape index (κ2) is 5.67. The molecule has 27 heavy (non-hydrogen) atoms. The third-order valence-electron chi connectivity index (χ3n) is 5.49. The first-order valence-corrected chi connectivity index (χ1v) is 9.58. The molecule has 2 N–H and O–H groups in total. The Hall–Kier alpha value is -2.65. The number of hydrogen-bond acceptors (Lipinski definition) is 1. The highest BCUT2D eigenvalue weighted by molar-refractivity contribution is 6.30. The molecule has 0 radical (unpaired) electrons. The Kier molecular flexibility index (Phi) is 3.47. The Morgan fingerprint density at radius 3 is 2.56 bits per heavy atom. The van der Waals surface area contributed by atoms with E-state index >= 15 is 0 Å². The lowest BCUT2D eigenvalue weighted by Crippen LogP contribution is -2.33. The van der Waals surface area contributed by atoms with E-state index in [0.717, 1.165) is 50.7 Å². The van der Waals surface area contributed by atoms with Gasteiger partial charge >= 0.3 is 0 Å². The van der Waals surface area contributed by atoms with Gasteiger partial charge in [0.05, 0.1) is 5.56 Å². The maximum absolute atomic E-state index is 13.1. The van der Waals surface area contributed by atoms with Crippen LogP contribution < -0.4 is 4.98 Å². The van der Waals surface area contributed by atoms with Crippen molar-refractivity contribution in [2.45, 2.75) is 26.7 Å². The van der Waals surface area contributed by atoms with Gasteiger partial charge in [-0.3, -0.25) is 4.79 Å².